The predicted octanol–water partition coefficient (Wildman–Crippen LogP) is 5.90. The van der Waals surface area contributed by atoms with Crippen LogP contribution in [0.25, 0.3) is 0 Å². The molecule has 0 amide bonds. The first kappa shape index (κ1) is 22.4. The molecule has 0 bridgehead atoms. The number of hydrogen-bond donors (Lipinski definition) is 0. The second-order valence-electron chi connectivity index (χ2n) is 7.11. The SMILES string of the molecule is CCCC#CC#CC=CC=CC[P+](c1ccccc1)(c1ccccc1)c1ccccc1. The fourth-order valence-corrected chi connectivity index (χ4v) is 7.53. The maximum absolute atomic E-state index is 3.04. The quantitative estimate of drug-likeness (QED) is 0.254. The first-order valence-corrected chi connectivity index (χ1v) is 12.7. The number of benzene rings is 3. The van der Waals surface area contributed by atoms with Gasteiger partial charge in [0.15, 0.2) is 0 Å². The van der Waals surface area contributed by atoms with Gasteiger partial charge >= 0.3 is 0 Å². The molecule has 0 N–H and O–H groups in total. The van der Waals surface area contributed by atoms with Crippen molar-refractivity contribution in [2.75, 3.05) is 6.16 Å². The Balaban J connectivity index is 1.94. The van der Waals surface area contributed by atoms with Gasteiger partial charge in [0.2, 0.25) is 0 Å². The Bertz CT molecular complexity index is 1010. The fraction of sp³-hybridized carbons (Fsp3) is 0.133. The van der Waals surface area contributed by atoms with Crippen molar-refractivity contribution in [3.8, 4) is 23.7 Å². The minimum atomic E-state index is -1.81. The highest BCUT2D eigenvalue weighted by atomic mass is 31.2. The Labute approximate surface area is 188 Å². The van der Waals surface area contributed by atoms with Gasteiger partial charge in [-0.2, -0.15) is 0 Å². The van der Waals surface area contributed by atoms with Crippen LogP contribution in [-0.4, -0.2) is 6.16 Å². The number of allylic oxidation sites excluding steroid dienone is 4. The number of hydrogen-bond acceptors (Lipinski definition) is 0. The van der Waals surface area contributed by atoms with Crippen LogP contribution in [0.3, 0.4) is 0 Å². The number of rotatable bonds is 7. The van der Waals surface area contributed by atoms with Gasteiger partial charge in [0, 0.05) is 6.42 Å². The van der Waals surface area contributed by atoms with E-state index in [1.807, 2.05) is 12.2 Å². The summed E-state index contributed by atoms with van der Waals surface area (Å²) in [7, 11) is -1.81. The van der Waals surface area contributed by atoms with Crippen LogP contribution in [0.15, 0.2) is 115 Å². The third-order valence-electron chi connectivity index (χ3n) is 4.99. The molecule has 0 radical (unpaired) electrons. The third kappa shape index (κ3) is 6.09. The van der Waals surface area contributed by atoms with Gasteiger partial charge in [-0.3, -0.25) is 0 Å². The van der Waals surface area contributed by atoms with Gasteiger partial charge in [-0.25, -0.2) is 0 Å². The molecule has 0 aliphatic heterocycles. The highest BCUT2D eigenvalue weighted by molar-refractivity contribution is 7.95. The van der Waals surface area contributed by atoms with Crippen LogP contribution in [0, 0.1) is 23.7 Å². The maximum Gasteiger partial charge on any atom is 0.115 e. The van der Waals surface area contributed by atoms with Crippen molar-refractivity contribution < 1.29 is 0 Å². The van der Waals surface area contributed by atoms with Crippen molar-refractivity contribution in [3.63, 3.8) is 0 Å². The lowest BCUT2D eigenvalue weighted by Gasteiger charge is -2.26. The Hall–Kier alpha value is -3.31. The van der Waals surface area contributed by atoms with Crippen molar-refractivity contribution in [2.45, 2.75) is 19.8 Å². The van der Waals surface area contributed by atoms with Gasteiger partial charge in [0.25, 0.3) is 0 Å². The first-order valence-electron chi connectivity index (χ1n) is 10.7. The van der Waals surface area contributed by atoms with Crippen molar-refractivity contribution in [1.82, 2.24) is 0 Å². The van der Waals surface area contributed by atoms with E-state index in [1.165, 1.54) is 15.9 Å². The first-order chi connectivity index (χ1) is 15.4. The summed E-state index contributed by atoms with van der Waals surface area (Å²) >= 11 is 0. The second kappa shape index (κ2) is 12.4. The van der Waals surface area contributed by atoms with Gasteiger partial charge in [-0.15, -0.1) is 0 Å². The molecule has 3 aromatic carbocycles. The molecule has 3 aromatic rings. The van der Waals surface area contributed by atoms with Crippen LogP contribution in [0.4, 0.5) is 0 Å². The zero-order valence-electron chi connectivity index (χ0n) is 18.0. The van der Waals surface area contributed by atoms with E-state index in [9.17, 15) is 0 Å². The van der Waals surface area contributed by atoms with E-state index in [1.54, 1.807) is 0 Å². The Kier molecular flexibility index (Phi) is 8.95. The Morgan fingerprint density at radius 1 is 0.677 bits per heavy atom. The average Bonchev–Trinajstić information content (AvgIpc) is 2.84. The fourth-order valence-electron chi connectivity index (χ4n) is 3.52. The molecule has 31 heavy (non-hydrogen) atoms. The number of unbranched alkanes of at least 4 members (excludes halogenated alkanes) is 1. The van der Waals surface area contributed by atoms with Crippen molar-refractivity contribution in [2.24, 2.45) is 0 Å². The van der Waals surface area contributed by atoms with E-state index in [2.05, 4.69) is 134 Å². The zero-order chi connectivity index (χ0) is 21.6. The van der Waals surface area contributed by atoms with Gasteiger partial charge < -0.3 is 0 Å². The Morgan fingerprint density at radius 2 is 1.19 bits per heavy atom. The summed E-state index contributed by atoms with van der Waals surface area (Å²) in [6, 6.07) is 32.8. The molecule has 1 heteroatoms. The van der Waals surface area contributed by atoms with Gasteiger partial charge in [-0.05, 0) is 66.8 Å². The summed E-state index contributed by atoms with van der Waals surface area (Å²) in [5.41, 5.74) is 0. The molecule has 0 atom stereocenters. The van der Waals surface area contributed by atoms with E-state index in [-0.39, 0.29) is 0 Å². The second-order valence-corrected chi connectivity index (χ2v) is 10.6. The normalized spacial score (nSPS) is 11.0. The molecule has 0 saturated heterocycles. The van der Waals surface area contributed by atoms with Crippen LogP contribution >= 0.6 is 7.26 Å². The molecule has 3 rings (SSSR count). The summed E-state index contributed by atoms with van der Waals surface area (Å²) in [4.78, 5) is 0. The highest BCUT2D eigenvalue weighted by Crippen LogP contribution is 2.55. The van der Waals surface area contributed by atoms with Gasteiger partial charge in [0.05, 0.1) is 6.16 Å². The summed E-state index contributed by atoms with van der Waals surface area (Å²) in [5, 5.41) is 4.19. The minimum Gasteiger partial charge on any atom is -0.0891 e. The predicted molar refractivity (Wildman–Crippen MR) is 139 cm³/mol. The molecule has 0 heterocycles. The zero-order valence-corrected chi connectivity index (χ0v) is 18.9. The lowest BCUT2D eigenvalue weighted by Crippen LogP contribution is -2.32. The van der Waals surface area contributed by atoms with E-state index in [0.717, 1.165) is 19.0 Å². The Morgan fingerprint density at radius 3 is 1.68 bits per heavy atom. The highest BCUT2D eigenvalue weighted by Gasteiger charge is 2.43. The minimum absolute atomic E-state index is 0.905. The molecule has 0 aromatic heterocycles. The summed E-state index contributed by atoms with van der Waals surface area (Å²) in [6.45, 7) is 2.12. The van der Waals surface area contributed by atoms with Gasteiger partial charge in [-0.1, -0.05) is 85.5 Å². The van der Waals surface area contributed by atoms with E-state index in [0.29, 0.717) is 0 Å². The standard InChI is InChI=1S/C30H28P/c1-2-3-4-5-6-7-8-9-10-20-27-31(28-21-14-11-15-22-28,29-23-16-12-17-24-29)30-25-18-13-19-26-30/h8-26H,2-3,27H2,1H3/q+1. The molecule has 0 nitrogen and oxygen atoms in total. The summed E-state index contributed by atoms with van der Waals surface area (Å²) in [5.74, 6) is 11.8. The van der Waals surface area contributed by atoms with Crippen LogP contribution in [0.1, 0.15) is 19.8 Å². The van der Waals surface area contributed by atoms with Crippen LogP contribution in [-0.2, 0) is 0 Å². The molecule has 0 aliphatic carbocycles. The van der Waals surface area contributed by atoms with E-state index >= 15 is 0 Å². The monoisotopic (exact) mass is 419 g/mol. The van der Waals surface area contributed by atoms with Crippen LogP contribution in [0.5, 0.6) is 0 Å². The van der Waals surface area contributed by atoms with Crippen molar-refractivity contribution in [1.29, 1.82) is 0 Å². The largest absolute Gasteiger partial charge is 0.115 e. The van der Waals surface area contributed by atoms with Crippen LogP contribution < -0.4 is 15.9 Å². The van der Waals surface area contributed by atoms with Crippen LogP contribution in [0.2, 0.25) is 0 Å². The van der Waals surface area contributed by atoms with Crippen molar-refractivity contribution >= 4 is 23.2 Å². The third-order valence-corrected chi connectivity index (χ3v) is 9.29. The summed E-state index contributed by atoms with van der Waals surface area (Å²) < 4.78 is 0. The molecule has 0 unspecified atom stereocenters. The topological polar surface area (TPSA) is 0 Å². The van der Waals surface area contributed by atoms with Crippen molar-refractivity contribution in [3.05, 3.63) is 115 Å². The van der Waals surface area contributed by atoms with E-state index in [4.69, 9.17) is 0 Å². The molecule has 0 saturated carbocycles. The lowest BCUT2D eigenvalue weighted by atomic mass is 10.3. The van der Waals surface area contributed by atoms with Gasteiger partial charge in [0.1, 0.15) is 23.2 Å². The molecule has 0 fully saturated rings. The molecular weight excluding hydrogens is 391 g/mol. The molecular formula is C30H28P+. The molecule has 0 aliphatic rings. The molecule has 152 valence electrons. The average molecular weight is 420 g/mol. The summed E-state index contributed by atoms with van der Waals surface area (Å²) in [6.07, 6.45) is 11.2. The maximum atomic E-state index is 3.04. The smallest absolute Gasteiger partial charge is 0.0891 e. The van der Waals surface area contributed by atoms with E-state index < -0.39 is 7.26 Å². The molecule has 0 spiro atoms. The lowest BCUT2D eigenvalue weighted by molar-refractivity contribution is 0.983.